The molecule has 0 radical (unpaired) electrons. The number of benzene rings is 1. The van der Waals surface area contributed by atoms with E-state index in [2.05, 4.69) is 9.98 Å². The first-order valence-electron chi connectivity index (χ1n) is 8.57. The second-order valence-corrected chi connectivity index (χ2v) is 6.28. The van der Waals surface area contributed by atoms with Crippen LogP contribution in [-0.2, 0) is 11.3 Å². The molecule has 0 amide bonds. The number of rotatable bonds is 4. The summed E-state index contributed by atoms with van der Waals surface area (Å²) in [6.45, 7) is -0.209. The molecule has 0 aliphatic carbocycles. The summed E-state index contributed by atoms with van der Waals surface area (Å²) in [7, 11) is 0. The van der Waals surface area contributed by atoms with Gasteiger partial charge in [0.1, 0.15) is 0 Å². The first-order chi connectivity index (χ1) is 14.0. The van der Waals surface area contributed by atoms with E-state index in [9.17, 15) is 24.5 Å². The van der Waals surface area contributed by atoms with Gasteiger partial charge in [0.25, 0.3) is 11.2 Å². The first-order valence-corrected chi connectivity index (χ1v) is 8.57. The van der Waals surface area contributed by atoms with Gasteiger partial charge in [0.2, 0.25) is 0 Å². The smallest absolute Gasteiger partial charge is 0.294 e. The molecule has 1 aliphatic heterocycles. The number of pyridine rings is 1. The van der Waals surface area contributed by atoms with Crippen LogP contribution in [0.2, 0.25) is 0 Å². The second kappa shape index (κ2) is 7.08. The molecule has 0 atom stereocenters. The van der Waals surface area contributed by atoms with Gasteiger partial charge in [-0.1, -0.05) is 6.07 Å². The van der Waals surface area contributed by atoms with Crippen LogP contribution in [0.15, 0.2) is 68.9 Å². The third-order valence-electron chi connectivity index (χ3n) is 4.39. The van der Waals surface area contributed by atoms with Crippen LogP contribution in [0.5, 0.6) is 0 Å². The summed E-state index contributed by atoms with van der Waals surface area (Å²) < 4.78 is 2.07. The number of hydrogen-bond donors (Lipinski definition) is 0. The predicted molar refractivity (Wildman–Crippen MR) is 104 cm³/mol. The molecule has 0 unspecified atom stereocenters. The zero-order valence-corrected chi connectivity index (χ0v) is 14.9. The normalized spacial score (nSPS) is 13.5. The number of carbonyl (C=O) groups is 1. The van der Waals surface area contributed by atoms with E-state index < -0.39 is 16.2 Å². The van der Waals surface area contributed by atoms with Gasteiger partial charge >= 0.3 is 5.69 Å². The van der Waals surface area contributed by atoms with Gasteiger partial charge in [-0.15, -0.1) is 0 Å². The molecule has 3 aromatic rings. The van der Waals surface area contributed by atoms with Crippen molar-refractivity contribution in [1.29, 1.82) is 0 Å². The number of fused-ring (bicyclic) bond motifs is 1. The molecule has 0 fully saturated rings. The maximum atomic E-state index is 13.2. The van der Waals surface area contributed by atoms with Crippen LogP contribution in [0.1, 0.15) is 6.42 Å². The van der Waals surface area contributed by atoms with Crippen molar-refractivity contribution in [1.82, 2.24) is 14.1 Å². The van der Waals surface area contributed by atoms with Gasteiger partial charge in [-0.2, -0.15) is 0 Å². The average molecular weight is 391 g/mol. The Hall–Kier alpha value is -4.21. The molecular formula is C19H13N5O5. The molecule has 29 heavy (non-hydrogen) atoms. The molecule has 0 bridgehead atoms. The van der Waals surface area contributed by atoms with E-state index in [1.54, 1.807) is 6.07 Å². The molecule has 4 rings (SSSR count). The minimum atomic E-state index is -0.740. The Kier molecular flexibility index (Phi) is 4.43. The zero-order valence-electron chi connectivity index (χ0n) is 14.9. The molecule has 10 heteroatoms. The van der Waals surface area contributed by atoms with Crippen molar-refractivity contribution in [2.24, 2.45) is 4.99 Å². The van der Waals surface area contributed by atoms with Crippen LogP contribution in [0.4, 0.5) is 5.69 Å². The lowest BCUT2D eigenvalue weighted by Crippen LogP contribution is -2.40. The Morgan fingerprint density at radius 1 is 1.14 bits per heavy atom. The molecule has 1 aliphatic rings. The van der Waals surface area contributed by atoms with Crippen molar-refractivity contribution in [3.63, 3.8) is 0 Å². The number of aliphatic imine (C=N–C) groups is 1. The van der Waals surface area contributed by atoms with Gasteiger partial charge in [0, 0.05) is 37.0 Å². The highest BCUT2D eigenvalue weighted by atomic mass is 16.6. The Balaban J connectivity index is 2.00. The topological polar surface area (TPSA) is 129 Å². The minimum absolute atomic E-state index is 0.0800. The van der Waals surface area contributed by atoms with Crippen molar-refractivity contribution in [2.45, 2.75) is 13.0 Å². The van der Waals surface area contributed by atoms with Gasteiger partial charge in [-0.25, -0.2) is 14.3 Å². The summed E-state index contributed by atoms with van der Waals surface area (Å²) in [6, 6.07) is 8.55. The van der Waals surface area contributed by atoms with Crippen molar-refractivity contribution in [3.8, 4) is 5.69 Å². The lowest BCUT2D eigenvalue weighted by molar-refractivity contribution is -0.384. The van der Waals surface area contributed by atoms with Crippen LogP contribution >= 0.6 is 0 Å². The van der Waals surface area contributed by atoms with E-state index >= 15 is 0 Å². The Bertz CT molecular complexity index is 1350. The van der Waals surface area contributed by atoms with E-state index in [0.29, 0.717) is 0 Å². The molecule has 144 valence electrons. The lowest BCUT2D eigenvalue weighted by atomic mass is 10.2. The van der Waals surface area contributed by atoms with Crippen molar-refractivity contribution >= 4 is 28.7 Å². The van der Waals surface area contributed by atoms with Crippen LogP contribution in [0.3, 0.4) is 0 Å². The van der Waals surface area contributed by atoms with Crippen LogP contribution in [0.25, 0.3) is 16.7 Å². The number of aromatic nitrogens is 3. The fourth-order valence-electron chi connectivity index (χ4n) is 3.09. The molecule has 2 aromatic heterocycles. The van der Waals surface area contributed by atoms with E-state index in [1.165, 1.54) is 48.8 Å². The van der Waals surface area contributed by atoms with Crippen molar-refractivity contribution < 1.29 is 9.72 Å². The summed E-state index contributed by atoms with van der Waals surface area (Å²) >= 11 is 0. The van der Waals surface area contributed by atoms with E-state index in [0.717, 1.165) is 9.13 Å². The number of hydrogen-bond acceptors (Lipinski definition) is 7. The van der Waals surface area contributed by atoms with Crippen molar-refractivity contribution in [3.05, 3.63) is 85.3 Å². The van der Waals surface area contributed by atoms with Gasteiger partial charge in [-0.05, 0) is 18.2 Å². The largest absolute Gasteiger partial charge is 0.337 e. The fraction of sp³-hybridized carbons (Fsp3) is 0.105. The maximum Gasteiger partial charge on any atom is 0.337 e. The summed E-state index contributed by atoms with van der Waals surface area (Å²) in [5.41, 5.74) is -0.990. The van der Waals surface area contributed by atoms with E-state index in [-0.39, 0.29) is 46.9 Å². The summed E-state index contributed by atoms with van der Waals surface area (Å²) in [4.78, 5) is 56.5. The number of non-ortho nitro benzene ring substituents is 1. The molecule has 0 N–H and O–H groups in total. The quantitative estimate of drug-likeness (QED) is 0.488. The van der Waals surface area contributed by atoms with Crippen LogP contribution in [0, 0.1) is 10.1 Å². The van der Waals surface area contributed by atoms with Gasteiger partial charge < -0.3 is 0 Å². The Morgan fingerprint density at radius 3 is 2.72 bits per heavy atom. The number of carbonyl (C=O) groups excluding carboxylic acids is 1. The van der Waals surface area contributed by atoms with Crippen molar-refractivity contribution in [2.75, 3.05) is 0 Å². The molecule has 0 saturated heterocycles. The maximum absolute atomic E-state index is 13.2. The van der Waals surface area contributed by atoms with Crippen LogP contribution in [-0.4, -0.2) is 31.0 Å². The van der Waals surface area contributed by atoms with Gasteiger partial charge in [0.05, 0.1) is 28.2 Å². The average Bonchev–Trinajstić information content (AvgIpc) is 2.71. The lowest BCUT2D eigenvalue weighted by Gasteiger charge is -2.14. The summed E-state index contributed by atoms with van der Waals surface area (Å²) in [5.74, 6) is -0.176. The molecule has 0 saturated carbocycles. The fourth-order valence-corrected chi connectivity index (χ4v) is 3.09. The Morgan fingerprint density at radius 2 is 1.97 bits per heavy atom. The van der Waals surface area contributed by atoms with Gasteiger partial charge in [-0.3, -0.25) is 29.3 Å². The highest BCUT2D eigenvalue weighted by molar-refractivity contribution is 6.01. The number of nitro benzene ring substituents is 1. The Labute approximate surface area is 162 Å². The predicted octanol–water partition coefficient (Wildman–Crippen LogP) is 1.38. The molecule has 3 heterocycles. The van der Waals surface area contributed by atoms with Gasteiger partial charge in [0.15, 0.2) is 11.4 Å². The zero-order chi connectivity index (χ0) is 20.5. The minimum Gasteiger partial charge on any atom is -0.294 e. The highest BCUT2D eigenvalue weighted by Gasteiger charge is 2.18. The number of nitrogens with zero attached hydrogens (tertiary/aromatic N) is 5. The number of nitro groups is 1. The third kappa shape index (κ3) is 3.27. The van der Waals surface area contributed by atoms with E-state index in [1.807, 2.05) is 0 Å². The highest BCUT2D eigenvalue weighted by Crippen LogP contribution is 2.18. The molecular weight excluding hydrogens is 378 g/mol. The summed E-state index contributed by atoms with van der Waals surface area (Å²) in [6.07, 6.45) is 4.30. The van der Waals surface area contributed by atoms with Crippen LogP contribution < -0.4 is 11.2 Å². The monoisotopic (exact) mass is 391 g/mol. The SMILES string of the molecule is O=C1C=C(Cn2c(=O)c3cccnc3n(-c3cccc([N+](=O)[O-])c3)c2=O)N=CC1. The first kappa shape index (κ1) is 18.2. The standard InChI is InChI=1S/C19H13N5O5/c25-15-6-8-20-12(9-15)11-22-18(26)16-5-2-7-21-17(16)23(19(22)27)13-3-1-4-14(10-13)24(28)29/h1-5,7-10H,6,11H2. The molecule has 1 aromatic carbocycles. The summed E-state index contributed by atoms with van der Waals surface area (Å²) in [5, 5.41) is 11.3. The number of ketones is 1. The second-order valence-electron chi connectivity index (χ2n) is 6.28. The molecule has 10 nitrogen and oxygen atoms in total. The number of allylic oxidation sites excluding steroid dienone is 2. The molecule has 0 spiro atoms. The van der Waals surface area contributed by atoms with E-state index in [4.69, 9.17) is 0 Å². The third-order valence-corrected chi connectivity index (χ3v) is 4.39.